The van der Waals surface area contributed by atoms with Crippen molar-refractivity contribution < 1.29 is 4.79 Å². The second-order valence-electron chi connectivity index (χ2n) is 5.43. The number of piperazine rings is 1. The Kier molecular flexibility index (Phi) is 4.05. The number of likely N-dealkylation sites (tertiary alicyclic amines) is 1. The maximum absolute atomic E-state index is 12.3. The van der Waals surface area contributed by atoms with E-state index in [1.54, 1.807) is 0 Å². The van der Waals surface area contributed by atoms with Gasteiger partial charge in [-0.05, 0) is 24.7 Å². The molecule has 17 heavy (non-hydrogen) atoms. The van der Waals surface area contributed by atoms with Gasteiger partial charge >= 0.3 is 0 Å². The Balaban J connectivity index is 1.93. The molecule has 0 aromatic heterocycles. The van der Waals surface area contributed by atoms with Gasteiger partial charge in [0.1, 0.15) is 0 Å². The second-order valence-corrected chi connectivity index (χ2v) is 5.43. The Hall–Kier alpha value is -0.610. The van der Waals surface area contributed by atoms with Gasteiger partial charge in [-0.3, -0.25) is 4.79 Å². The van der Waals surface area contributed by atoms with Crippen LogP contribution < -0.4 is 10.6 Å². The molecule has 2 fully saturated rings. The molecule has 2 heterocycles. The summed E-state index contributed by atoms with van der Waals surface area (Å²) in [6.45, 7) is 9.04. The maximum Gasteiger partial charge on any atom is 0.241 e. The molecule has 98 valence electrons. The number of hydrogen-bond donors (Lipinski definition) is 2. The van der Waals surface area contributed by atoms with Crippen LogP contribution in [0.2, 0.25) is 0 Å². The van der Waals surface area contributed by atoms with Crippen molar-refractivity contribution in [2.75, 3.05) is 32.7 Å². The number of hydrogen-bond acceptors (Lipinski definition) is 3. The molecule has 2 rings (SSSR count). The fourth-order valence-electron chi connectivity index (χ4n) is 3.00. The molecule has 0 aliphatic carbocycles. The van der Waals surface area contributed by atoms with E-state index < -0.39 is 0 Å². The van der Waals surface area contributed by atoms with Crippen molar-refractivity contribution in [3.63, 3.8) is 0 Å². The number of carbonyl (C=O) groups is 1. The first-order valence-corrected chi connectivity index (χ1v) is 6.93. The topological polar surface area (TPSA) is 44.4 Å². The Labute approximate surface area is 104 Å². The van der Waals surface area contributed by atoms with E-state index in [2.05, 4.69) is 29.4 Å². The van der Waals surface area contributed by atoms with Crippen LogP contribution in [0.4, 0.5) is 0 Å². The minimum Gasteiger partial charge on any atom is -0.341 e. The fourth-order valence-corrected chi connectivity index (χ4v) is 3.00. The highest BCUT2D eigenvalue weighted by atomic mass is 16.2. The molecule has 2 aliphatic rings. The predicted molar refractivity (Wildman–Crippen MR) is 68.9 cm³/mol. The van der Waals surface area contributed by atoms with Crippen LogP contribution in [0.25, 0.3) is 0 Å². The first-order chi connectivity index (χ1) is 8.21. The van der Waals surface area contributed by atoms with Crippen molar-refractivity contribution in [2.45, 2.75) is 39.2 Å². The Morgan fingerprint density at radius 3 is 2.65 bits per heavy atom. The van der Waals surface area contributed by atoms with Crippen LogP contribution in [-0.2, 0) is 4.79 Å². The SMILES string of the molecule is CCC1(CC)CCN(C(=O)C2CNCCN2)C1. The molecule has 0 radical (unpaired) electrons. The summed E-state index contributed by atoms with van der Waals surface area (Å²) in [5.41, 5.74) is 0.387. The van der Waals surface area contributed by atoms with Crippen molar-refractivity contribution >= 4 is 5.91 Å². The predicted octanol–water partition coefficient (Wildman–Crippen LogP) is 0.587. The smallest absolute Gasteiger partial charge is 0.241 e. The third-order valence-electron chi connectivity index (χ3n) is 4.59. The molecular weight excluding hydrogens is 214 g/mol. The van der Waals surface area contributed by atoms with Gasteiger partial charge < -0.3 is 15.5 Å². The zero-order valence-corrected chi connectivity index (χ0v) is 11.1. The van der Waals surface area contributed by atoms with Crippen LogP contribution in [0.15, 0.2) is 0 Å². The molecule has 1 atom stereocenters. The summed E-state index contributed by atoms with van der Waals surface area (Å²) in [5, 5.41) is 6.58. The zero-order valence-electron chi connectivity index (χ0n) is 11.1. The fraction of sp³-hybridized carbons (Fsp3) is 0.923. The number of amides is 1. The lowest BCUT2D eigenvalue weighted by Crippen LogP contribution is -2.56. The summed E-state index contributed by atoms with van der Waals surface area (Å²) in [6.07, 6.45) is 3.54. The first-order valence-electron chi connectivity index (χ1n) is 6.93. The molecule has 0 aromatic carbocycles. The molecule has 4 heteroatoms. The molecule has 0 spiro atoms. The molecule has 1 unspecified atom stereocenters. The first kappa shape index (κ1) is 12.8. The summed E-state index contributed by atoms with van der Waals surface area (Å²) in [6, 6.07) is -0.00624. The van der Waals surface area contributed by atoms with Gasteiger partial charge in [-0.15, -0.1) is 0 Å². The molecule has 0 aromatic rings. The summed E-state index contributed by atoms with van der Waals surface area (Å²) < 4.78 is 0. The van der Waals surface area contributed by atoms with E-state index in [9.17, 15) is 4.79 Å². The molecule has 0 bridgehead atoms. The lowest BCUT2D eigenvalue weighted by Gasteiger charge is -2.30. The number of rotatable bonds is 3. The van der Waals surface area contributed by atoms with Crippen LogP contribution in [0.5, 0.6) is 0 Å². The summed E-state index contributed by atoms with van der Waals surface area (Å²) in [7, 11) is 0. The monoisotopic (exact) mass is 239 g/mol. The summed E-state index contributed by atoms with van der Waals surface area (Å²) in [4.78, 5) is 14.4. The van der Waals surface area contributed by atoms with Crippen molar-refractivity contribution in [3.8, 4) is 0 Å². The third-order valence-corrected chi connectivity index (χ3v) is 4.59. The number of carbonyl (C=O) groups excluding carboxylic acids is 1. The van der Waals surface area contributed by atoms with Gasteiger partial charge in [0, 0.05) is 32.7 Å². The maximum atomic E-state index is 12.3. The van der Waals surface area contributed by atoms with Crippen molar-refractivity contribution in [1.29, 1.82) is 0 Å². The highest BCUT2D eigenvalue weighted by Gasteiger charge is 2.38. The minimum absolute atomic E-state index is 0.00624. The molecule has 2 saturated heterocycles. The Morgan fingerprint density at radius 2 is 2.12 bits per heavy atom. The lowest BCUT2D eigenvalue weighted by molar-refractivity contribution is -0.133. The quantitative estimate of drug-likeness (QED) is 0.757. The van der Waals surface area contributed by atoms with E-state index in [0.29, 0.717) is 11.3 Å². The molecule has 2 aliphatic heterocycles. The van der Waals surface area contributed by atoms with E-state index >= 15 is 0 Å². The van der Waals surface area contributed by atoms with E-state index in [1.165, 1.54) is 19.3 Å². The number of nitrogens with zero attached hydrogens (tertiary/aromatic N) is 1. The minimum atomic E-state index is -0.00624. The standard InChI is InChI=1S/C13H25N3O/c1-3-13(4-2)5-8-16(10-13)12(17)11-9-14-6-7-15-11/h11,14-15H,3-10H2,1-2H3. The van der Waals surface area contributed by atoms with Gasteiger partial charge in [0.2, 0.25) is 5.91 Å². The molecule has 2 N–H and O–H groups in total. The van der Waals surface area contributed by atoms with Crippen molar-refractivity contribution in [1.82, 2.24) is 15.5 Å². The average Bonchev–Trinajstić information content (AvgIpc) is 2.84. The normalized spacial score (nSPS) is 28.4. The van der Waals surface area contributed by atoms with Gasteiger partial charge in [0.25, 0.3) is 0 Å². The van der Waals surface area contributed by atoms with Gasteiger partial charge in [-0.1, -0.05) is 13.8 Å². The molecule has 4 nitrogen and oxygen atoms in total. The van der Waals surface area contributed by atoms with Crippen LogP contribution in [0.3, 0.4) is 0 Å². The molecular formula is C13H25N3O. The van der Waals surface area contributed by atoms with Crippen LogP contribution in [-0.4, -0.2) is 49.6 Å². The van der Waals surface area contributed by atoms with E-state index in [0.717, 1.165) is 32.7 Å². The highest BCUT2D eigenvalue weighted by Crippen LogP contribution is 2.37. The Morgan fingerprint density at radius 1 is 1.35 bits per heavy atom. The summed E-state index contributed by atoms with van der Waals surface area (Å²) >= 11 is 0. The van der Waals surface area contributed by atoms with Gasteiger partial charge in [0.05, 0.1) is 6.04 Å². The zero-order chi connectivity index (χ0) is 12.3. The van der Waals surface area contributed by atoms with E-state index in [-0.39, 0.29) is 6.04 Å². The Bertz CT molecular complexity index is 270. The van der Waals surface area contributed by atoms with Crippen molar-refractivity contribution in [3.05, 3.63) is 0 Å². The van der Waals surface area contributed by atoms with Crippen LogP contribution in [0.1, 0.15) is 33.1 Å². The molecule has 1 amide bonds. The lowest BCUT2D eigenvalue weighted by atomic mass is 9.82. The second kappa shape index (κ2) is 5.36. The van der Waals surface area contributed by atoms with Gasteiger partial charge in [-0.2, -0.15) is 0 Å². The van der Waals surface area contributed by atoms with Crippen LogP contribution >= 0.6 is 0 Å². The van der Waals surface area contributed by atoms with Gasteiger partial charge in [-0.25, -0.2) is 0 Å². The average molecular weight is 239 g/mol. The van der Waals surface area contributed by atoms with Crippen molar-refractivity contribution in [2.24, 2.45) is 5.41 Å². The summed E-state index contributed by atoms with van der Waals surface area (Å²) in [5.74, 6) is 0.293. The van der Waals surface area contributed by atoms with E-state index in [4.69, 9.17) is 0 Å². The number of nitrogens with one attached hydrogen (secondary N) is 2. The largest absolute Gasteiger partial charge is 0.341 e. The third kappa shape index (κ3) is 2.63. The van der Waals surface area contributed by atoms with E-state index in [1.807, 2.05) is 0 Å². The van der Waals surface area contributed by atoms with Gasteiger partial charge in [0.15, 0.2) is 0 Å². The van der Waals surface area contributed by atoms with Crippen LogP contribution in [0, 0.1) is 5.41 Å². The molecule has 0 saturated carbocycles. The highest BCUT2D eigenvalue weighted by molar-refractivity contribution is 5.82.